The molecule has 2 rings (SSSR count). The van der Waals surface area contributed by atoms with Crippen molar-refractivity contribution in [3.8, 4) is 0 Å². The molecule has 5 nitrogen and oxygen atoms in total. The molecule has 106 valence electrons. The Bertz CT molecular complexity index is 391. The van der Waals surface area contributed by atoms with Crippen molar-refractivity contribution in [3.63, 3.8) is 0 Å². The van der Waals surface area contributed by atoms with Crippen LogP contribution < -0.4 is 11.3 Å². The van der Waals surface area contributed by atoms with Crippen LogP contribution in [0.25, 0.3) is 0 Å². The molecule has 1 fully saturated rings. The van der Waals surface area contributed by atoms with Gasteiger partial charge in [-0.1, -0.05) is 19.9 Å². The summed E-state index contributed by atoms with van der Waals surface area (Å²) < 4.78 is 0. The molecule has 1 aliphatic rings. The Morgan fingerprint density at radius 2 is 2.26 bits per heavy atom. The van der Waals surface area contributed by atoms with Crippen LogP contribution in [0.1, 0.15) is 25.8 Å². The Labute approximate surface area is 115 Å². The third-order valence-corrected chi connectivity index (χ3v) is 4.00. The Hall–Kier alpha value is -1.17. The number of likely N-dealkylation sites (tertiary alicyclic amines) is 1. The van der Waals surface area contributed by atoms with Crippen LogP contribution in [0, 0.1) is 0 Å². The van der Waals surface area contributed by atoms with Crippen LogP contribution in [0.4, 0.5) is 5.82 Å². The SMILES string of the molecule is CCN(CC)C1CCN(Cc2cccnc2NN)C1. The first-order chi connectivity index (χ1) is 9.28. The van der Waals surface area contributed by atoms with E-state index in [0.29, 0.717) is 6.04 Å². The predicted molar refractivity (Wildman–Crippen MR) is 78.7 cm³/mol. The van der Waals surface area contributed by atoms with E-state index < -0.39 is 0 Å². The highest BCUT2D eigenvalue weighted by Crippen LogP contribution is 2.20. The van der Waals surface area contributed by atoms with E-state index >= 15 is 0 Å². The molecule has 3 N–H and O–H groups in total. The number of likely N-dealkylation sites (N-methyl/N-ethyl adjacent to an activating group) is 1. The minimum atomic E-state index is 0.695. The molecule has 1 unspecified atom stereocenters. The monoisotopic (exact) mass is 263 g/mol. The molecule has 0 radical (unpaired) electrons. The summed E-state index contributed by atoms with van der Waals surface area (Å²) in [7, 11) is 0. The molecular weight excluding hydrogens is 238 g/mol. The molecule has 0 aromatic carbocycles. The van der Waals surface area contributed by atoms with Crippen LogP contribution in [0.15, 0.2) is 18.3 Å². The Balaban J connectivity index is 1.94. The highest BCUT2D eigenvalue weighted by atomic mass is 15.3. The normalized spacial score (nSPS) is 20.1. The number of rotatable bonds is 6. The third kappa shape index (κ3) is 3.43. The number of hydrogen-bond donors (Lipinski definition) is 2. The molecule has 1 saturated heterocycles. The number of aromatic nitrogens is 1. The maximum atomic E-state index is 5.50. The maximum Gasteiger partial charge on any atom is 0.144 e. The van der Waals surface area contributed by atoms with Gasteiger partial charge in [0.1, 0.15) is 5.82 Å². The Morgan fingerprint density at radius 1 is 1.47 bits per heavy atom. The number of hydrogen-bond acceptors (Lipinski definition) is 5. The van der Waals surface area contributed by atoms with Crippen molar-refractivity contribution in [3.05, 3.63) is 23.9 Å². The molecule has 0 saturated carbocycles. The largest absolute Gasteiger partial charge is 0.308 e. The van der Waals surface area contributed by atoms with E-state index in [9.17, 15) is 0 Å². The maximum absolute atomic E-state index is 5.50. The van der Waals surface area contributed by atoms with Gasteiger partial charge in [0.05, 0.1) is 0 Å². The minimum absolute atomic E-state index is 0.695. The van der Waals surface area contributed by atoms with Crippen molar-refractivity contribution in [2.75, 3.05) is 31.6 Å². The standard InChI is InChI=1S/C14H25N5/c1-3-19(4-2)13-7-9-18(11-13)10-12-6-5-8-16-14(12)17-15/h5-6,8,13H,3-4,7,9-11,15H2,1-2H3,(H,16,17). The van der Waals surface area contributed by atoms with Gasteiger partial charge in [-0.15, -0.1) is 0 Å². The smallest absolute Gasteiger partial charge is 0.144 e. The van der Waals surface area contributed by atoms with Gasteiger partial charge >= 0.3 is 0 Å². The van der Waals surface area contributed by atoms with Gasteiger partial charge in [0.2, 0.25) is 0 Å². The van der Waals surface area contributed by atoms with E-state index in [2.05, 4.69) is 40.1 Å². The van der Waals surface area contributed by atoms with Crippen LogP contribution in [-0.4, -0.2) is 47.0 Å². The van der Waals surface area contributed by atoms with E-state index in [1.807, 2.05) is 6.07 Å². The van der Waals surface area contributed by atoms with E-state index in [-0.39, 0.29) is 0 Å². The van der Waals surface area contributed by atoms with Gasteiger partial charge < -0.3 is 5.43 Å². The highest BCUT2D eigenvalue weighted by Gasteiger charge is 2.26. The summed E-state index contributed by atoms with van der Waals surface area (Å²) in [6.07, 6.45) is 3.02. The fourth-order valence-corrected chi connectivity index (χ4v) is 2.93. The molecule has 0 bridgehead atoms. The second-order valence-corrected chi connectivity index (χ2v) is 5.05. The Morgan fingerprint density at radius 3 is 2.95 bits per heavy atom. The van der Waals surface area contributed by atoms with E-state index in [1.165, 1.54) is 12.0 Å². The van der Waals surface area contributed by atoms with Crippen LogP contribution in [0.5, 0.6) is 0 Å². The first-order valence-electron chi connectivity index (χ1n) is 7.15. The van der Waals surface area contributed by atoms with Crippen LogP contribution >= 0.6 is 0 Å². The van der Waals surface area contributed by atoms with Gasteiger partial charge in [-0.05, 0) is 25.6 Å². The summed E-state index contributed by atoms with van der Waals surface area (Å²) in [5.41, 5.74) is 3.85. The van der Waals surface area contributed by atoms with Crippen molar-refractivity contribution >= 4 is 5.82 Å². The lowest BCUT2D eigenvalue weighted by atomic mass is 10.2. The highest BCUT2D eigenvalue weighted by molar-refractivity contribution is 5.42. The number of nitrogen functional groups attached to an aromatic ring is 1. The van der Waals surface area contributed by atoms with E-state index in [0.717, 1.165) is 38.5 Å². The first kappa shape index (κ1) is 14.2. The molecule has 1 aliphatic heterocycles. The van der Waals surface area contributed by atoms with Gasteiger partial charge in [-0.25, -0.2) is 10.8 Å². The predicted octanol–water partition coefficient (Wildman–Crippen LogP) is 1.28. The summed E-state index contributed by atoms with van der Waals surface area (Å²) >= 11 is 0. The summed E-state index contributed by atoms with van der Waals surface area (Å²) in [4.78, 5) is 9.29. The summed E-state index contributed by atoms with van der Waals surface area (Å²) in [5, 5.41) is 0. The molecule has 0 aliphatic carbocycles. The molecule has 19 heavy (non-hydrogen) atoms. The summed E-state index contributed by atoms with van der Waals surface area (Å²) in [6, 6.07) is 4.75. The first-order valence-corrected chi connectivity index (χ1v) is 7.15. The number of nitrogens with two attached hydrogens (primary N) is 1. The third-order valence-electron chi connectivity index (χ3n) is 4.00. The zero-order chi connectivity index (χ0) is 13.7. The number of anilines is 1. The molecule has 0 spiro atoms. The van der Waals surface area contributed by atoms with Gasteiger partial charge in [-0.2, -0.15) is 0 Å². The number of nitrogens with one attached hydrogen (secondary N) is 1. The number of nitrogens with zero attached hydrogens (tertiary/aromatic N) is 3. The van der Waals surface area contributed by atoms with Crippen molar-refractivity contribution in [2.45, 2.75) is 32.9 Å². The topological polar surface area (TPSA) is 57.4 Å². The molecule has 5 heteroatoms. The second-order valence-electron chi connectivity index (χ2n) is 5.05. The lowest BCUT2D eigenvalue weighted by Crippen LogP contribution is -2.37. The molecule has 0 amide bonds. The zero-order valence-electron chi connectivity index (χ0n) is 12.0. The van der Waals surface area contributed by atoms with Crippen molar-refractivity contribution < 1.29 is 0 Å². The fraction of sp³-hybridized carbons (Fsp3) is 0.643. The average Bonchev–Trinajstić information content (AvgIpc) is 2.89. The van der Waals surface area contributed by atoms with Crippen LogP contribution in [0.2, 0.25) is 0 Å². The Kier molecular flexibility index (Phi) is 5.13. The number of pyridine rings is 1. The van der Waals surface area contributed by atoms with E-state index in [4.69, 9.17) is 5.84 Å². The molecule has 1 aromatic heterocycles. The van der Waals surface area contributed by atoms with Crippen molar-refractivity contribution in [1.82, 2.24) is 14.8 Å². The van der Waals surface area contributed by atoms with Crippen LogP contribution in [-0.2, 0) is 6.54 Å². The van der Waals surface area contributed by atoms with Gasteiger partial charge in [0.15, 0.2) is 0 Å². The molecule has 1 atom stereocenters. The lowest BCUT2D eigenvalue weighted by Gasteiger charge is -2.26. The van der Waals surface area contributed by atoms with Crippen molar-refractivity contribution in [2.24, 2.45) is 5.84 Å². The second kappa shape index (κ2) is 6.84. The van der Waals surface area contributed by atoms with Crippen molar-refractivity contribution in [1.29, 1.82) is 0 Å². The number of hydrazine groups is 1. The van der Waals surface area contributed by atoms with Gasteiger partial charge in [-0.3, -0.25) is 9.80 Å². The summed E-state index contributed by atoms with van der Waals surface area (Å²) in [5.74, 6) is 6.29. The fourth-order valence-electron chi connectivity index (χ4n) is 2.93. The van der Waals surface area contributed by atoms with E-state index in [1.54, 1.807) is 6.20 Å². The molecule has 2 heterocycles. The molecular formula is C14H25N5. The van der Waals surface area contributed by atoms with Crippen LogP contribution in [0.3, 0.4) is 0 Å². The minimum Gasteiger partial charge on any atom is -0.308 e. The van der Waals surface area contributed by atoms with Gasteiger partial charge in [0, 0.05) is 37.4 Å². The summed E-state index contributed by atoms with van der Waals surface area (Å²) in [6.45, 7) is 9.97. The quantitative estimate of drug-likeness (QED) is 0.598. The molecule has 1 aromatic rings. The average molecular weight is 263 g/mol. The lowest BCUT2D eigenvalue weighted by molar-refractivity contribution is 0.209. The zero-order valence-corrected chi connectivity index (χ0v) is 12.0. The van der Waals surface area contributed by atoms with Gasteiger partial charge in [0.25, 0.3) is 0 Å².